The second-order valence-electron chi connectivity index (χ2n) is 10.8. The van der Waals surface area contributed by atoms with Crippen molar-refractivity contribution < 1.29 is 28.7 Å². The number of hydrogen-bond acceptors (Lipinski definition) is 8. The van der Waals surface area contributed by atoms with E-state index in [1.807, 2.05) is 63.2 Å². The molecular weight excluding hydrogens is 562 g/mol. The van der Waals surface area contributed by atoms with Crippen molar-refractivity contribution in [2.24, 2.45) is 0 Å². The Morgan fingerprint density at radius 2 is 1.86 bits per heavy atom. The van der Waals surface area contributed by atoms with Crippen LogP contribution in [-0.2, 0) is 27.2 Å². The summed E-state index contributed by atoms with van der Waals surface area (Å²) in [4.78, 5) is 37.5. The van der Waals surface area contributed by atoms with Gasteiger partial charge < -0.3 is 24.4 Å². The predicted octanol–water partition coefficient (Wildman–Crippen LogP) is 6.19. The fourth-order valence-corrected chi connectivity index (χ4v) is 4.84. The SMILES string of the molecule is CC(C)(C)OC(=O)COCCOc1ccccc1CN1CCCc2cc(NC(=O)c3cc([N+](=O)[O-])ccc3Cl)ccc21. The zero-order valence-electron chi connectivity index (χ0n) is 23.9. The summed E-state index contributed by atoms with van der Waals surface area (Å²) in [6.07, 6.45) is 1.78. The molecule has 0 saturated carbocycles. The lowest BCUT2D eigenvalue weighted by Gasteiger charge is -2.32. The Balaban J connectivity index is 1.37. The van der Waals surface area contributed by atoms with Gasteiger partial charge in [0.25, 0.3) is 11.6 Å². The zero-order chi connectivity index (χ0) is 30.3. The number of nitro benzene ring substituents is 1. The smallest absolute Gasteiger partial charge is 0.332 e. The van der Waals surface area contributed by atoms with Crippen molar-refractivity contribution in [1.82, 2.24) is 0 Å². The molecule has 10 nitrogen and oxygen atoms in total. The van der Waals surface area contributed by atoms with Crippen LogP contribution in [0.1, 0.15) is 48.7 Å². The number of esters is 1. The van der Waals surface area contributed by atoms with Crippen molar-refractivity contribution in [1.29, 1.82) is 0 Å². The van der Waals surface area contributed by atoms with Gasteiger partial charge in [-0.05, 0) is 69.5 Å². The lowest BCUT2D eigenvalue weighted by atomic mass is 10.00. The Morgan fingerprint density at radius 1 is 1.07 bits per heavy atom. The molecule has 222 valence electrons. The third-order valence-corrected chi connectivity index (χ3v) is 6.75. The van der Waals surface area contributed by atoms with Crippen LogP contribution in [0.4, 0.5) is 17.1 Å². The minimum Gasteiger partial charge on any atom is -0.491 e. The topological polar surface area (TPSA) is 120 Å². The molecule has 0 unspecified atom stereocenters. The number of rotatable bonds is 11. The third-order valence-electron chi connectivity index (χ3n) is 6.42. The number of nitro groups is 1. The van der Waals surface area contributed by atoms with E-state index in [0.717, 1.165) is 42.0 Å². The normalized spacial score (nSPS) is 12.8. The van der Waals surface area contributed by atoms with Gasteiger partial charge in [0.05, 0.1) is 22.1 Å². The molecule has 1 aliphatic rings. The first-order chi connectivity index (χ1) is 20.0. The van der Waals surface area contributed by atoms with E-state index in [9.17, 15) is 19.7 Å². The number of anilines is 2. The molecule has 3 aromatic rings. The maximum absolute atomic E-state index is 12.9. The largest absolute Gasteiger partial charge is 0.491 e. The zero-order valence-corrected chi connectivity index (χ0v) is 24.6. The maximum atomic E-state index is 12.9. The van der Waals surface area contributed by atoms with E-state index in [1.165, 1.54) is 18.2 Å². The Labute approximate surface area is 249 Å². The molecule has 42 heavy (non-hydrogen) atoms. The highest BCUT2D eigenvalue weighted by Crippen LogP contribution is 2.33. The molecule has 0 radical (unpaired) electrons. The van der Waals surface area contributed by atoms with E-state index in [1.54, 1.807) is 0 Å². The first kappa shape index (κ1) is 30.8. The predicted molar refractivity (Wildman–Crippen MR) is 160 cm³/mol. The number of carbonyl (C=O) groups excluding carboxylic acids is 2. The van der Waals surface area contributed by atoms with Crippen LogP contribution < -0.4 is 15.0 Å². The number of nitrogens with zero attached hydrogens (tertiary/aromatic N) is 2. The van der Waals surface area contributed by atoms with Crippen molar-refractivity contribution >= 4 is 40.5 Å². The summed E-state index contributed by atoms with van der Waals surface area (Å²) in [5.74, 6) is -0.192. The molecule has 0 fully saturated rings. The second kappa shape index (κ2) is 13.7. The average molecular weight is 596 g/mol. The van der Waals surface area contributed by atoms with E-state index in [4.69, 9.17) is 25.8 Å². The van der Waals surface area contributed by atoms with Gasteiger partial charge in [-0.2, -0.15) is 0 Å². The fourth-order valence-electron chi connectivity index (χ4n) is 4.63. The van der Waals surface area contributed by atoms with Crippen LogP contribution in [0.25, 0.3) is 0 Å². The van der Waals surface area contributed by atoms with Crippen LogP contribution >= 0.6 is 11.6 Å². The Morgan fingerprint density at radius 3 is 2.62 bits per heavy atom. The molecule has 4 rings (SSSR count). The van der Waals surface area contributed by atoms with Gasteiger partial charge >= 0.3 is 5.97 Å². The summed E-state index contributed by atoms with van der Waals surface area (Å²) >= 11 is 6.14. The fraction of sp³-hybridized carbons (Fsp3) is 0.355. The molecule has 0 saturated heterocycles. The summed E-state index contributed by atoms with van der Waals surface area (Å²) in [5, 5.41) is 14.1. The van der Waals surface area contributed by atoms with Gasteiger partial charge in [-0.3, -0.25) is 14.9 Å². The Kier molecular flexibility index (Phi) is 10.0. The first-order valence-electron chi connectivity index (χ1n) is 13.6. The molecule has 0 bridgehead atoms. The molecule has 0 aromatic heterocycles. The summed E-state index contributed by atoms with van der Waals surface area (Å²) in [6, 6.07) is 17.3. The van der Waals surface area contributed by atoms with Crippen LogP contribution in [0.3, 0.4) is 0 Å². The van der Waals surface area contributed by atoms with E-state index in [0.29, 0.717) is 12.2 Å². The summed E-state index contributed by atoms with van der Waals surface area (Å²) in [7, 11) is 0. The summed E-state index contributed by atoms with van der Waals surface area (Å²) in [5.41, 5.74) is 3.01. The van der Waals surface area contributed by atoms with Gasteiger partial charge in [-0.15, -0.1) is 0 Å². The van der Waals surface area contributed by atoms with Crippen molar-refractivity contribution in [3.05, 3.63) is 92.5 Å². The minimum absolute atomic E-state index is 0.0389. The molecule has 0 aliphatic carbocycles. The monoisotopic (exact) mass is 595 g/mol. The number of hydrogen-bond donors (Lipinski definition) is 1. The van der Waals surface area contributed by atoms with Gasteiger partial charge in [-0.25, -0.2) is 4.79 Å². The van der Waals surface area contributed by atoms with Gasteiger partial charge in [0.2, 0.25) is 0 Å². The van der Waals surface area contributed by atoms with Crippen LogP contribution in [-0.4, -0.2) is 48.8 Å². The van der Waals surface area contributed by atoms with Gasteiger partial charge in [0.1, 0.15) is 24.6 Å². The summed E-state index contributed by atoms with van der Waals surface area (Å²) < 4.78 is 16.6. The average Bonchev–Trinajstić information content (AvgIpc) is 2.93. The lowest BCUT2D eigenvalue weighted by molar-refractivity contribution is -0.384. The highest BCUT2D eigenvalue weighted by Gasteiger charge is 2.21. The Hall–Kier alpha value is -4.15. The van der Waals surface area contributed by atoms with E-state index < -0.39 is 22.4 Å². The van der Waals surface area contributed by atoms with Crippen molar-refractivity contribution in [3.8, 4) is 5.75 Å². The van der Waals surface area contributed by atoms with E-state index in [-0.39, 0.29) is 36.1 Å². The van der Waals surface area contributed by atoms with E-state index in [2.05, 4.69) is 10.2 Å². The van der Waals surface area contributed by atoms with Gasteiger partial charge in [0, 0.05) is 42.2 Å². The maximum Gasteiger partial charge on any atom is 0.332 e. The molecule has 3 aromatic carbocycles. The third kappa shape index (κ3) is 8.43. The van der Waals surface area contributed by atoms with Crippen molar-refractivity contribution in [3.63, 3.8) is 0 Å². The highest BCUT2D eigenvalue weighted by atomic mass is 35.5. The van der Waals surface area contributed by atoms with Crippen LogP contribution in [0, 0.1) is 10.1 Å². The minimum atomic E-state index is -0.565. The lowest BCUT2D eigenvalue weighted by Crippen LogP contribution is -2.29. The number of aryl methyl sites for hydroxylation is 1. The number of ether oxygens (including phenoxy) is 3. The standard InChI is InChI=1S/C31H34ClN3O7/c1-31(2,3)42-29(36)20-40-15-16-41-28-9-5-4-7-22(28)19-34-14-6-8-21-17-23(10-13-27(21)34)33-30(37)25-18-24(35(38)39)11-12-26(25)32/h4-5,7,9-13,17-18H,6,8,14-16,19-20H2,1-3H3,(H,33,37). The number of fused-ring (bicyclic) bond motifs is 1. The number of non-ortho nitro benzene ring substituents is 1. The van der Waals surface area contributed by atoms with Crippen LogP contribution in [0.15, 0.2) is 60.7 Å². The number of nitrogens with one attached hydrogen (secondary N) is 1. The molecular formula is C31H34ClN3O7. The number of para-hydroxylation sites is 1. The van der Waals surface area contributed by atoms with Gasteiger partial charge in [0.15, 0.2) is 0 Å². The number of carbonyl (C=O) groups is 2. The molecule has 1 heterocycles. The Bertz CT molecular complexity index is 1450. The van der Waals surface area contributed by atoms with Crippen molar-refractivity contribution in [2.45, 2.75) is 45.8 Å². The molecule has 1 aliphatic heterocycles. The molecule has 1 amide bonds. The summed E-state index contributed by atoms with van der Waals surface area (Å²) in [6.45, 7) is 7.30. The first-order valence-corrected chi connectivity index (χ1v) is 14.0. The number of benzene rings is 3. The molecule has 1 N–H and O–H groups in total. The molecule has 11 heteroatoms. The second-order valence-corrected chi connectivity index (χ2v) is 11.2. The van der Waals surface area contributed by atoms with E-state index >= 15 is 0 Å². The number of amides is 1. The van der Waals surface area contributed by atoms with Crippen LogP contribution in [0.2, 0.25) is 5.02 Å². The number of halogens is 1. The van der Waals surface area contributed by atoms with Crippen LogP contribution in [0.5, 0.6) is 5.75 Å². The quantitative estimate of drug-likeness (QED) is 0.121. The molecule has 0 atom stereocenters. The molecule has 0 spiro atoms. The highest BCUT2D eigenvalue weighted by molar-refractivity contribution is 6.34. The van der Waals surface area contributed by atoms with Gasteiger partial charge in [-0.1, -0.05) is 29.8 Å². The van der Waals surface area contributed by atoms with Crippen molar-refractivity contribution in [2.75, 3.05) is 36.6 Å².